The lowest BCUT2D eigenvalue weighted by Crippen LogP contribution is -2.68. The van der Waals surface area contributed by atoms with E-state index in [2.05, 4.69) is 101 Å². The number of carboxylic acids is 1. The Labute approximate surface area is 305 Å². The largest absolute Gasteiger partial charge is 0.478 e. The highest BCUT2D eigenvalue weighted by Gasteiger charge is 2.70. The molecule has 0 aliphatic heterocycles. The second-order valence-corrected chi connectivity index (χ2v) is 18.8. The SMILES string of the molecule is C=C(C)[C@@H]1CC[C@]2(NC(=O)Cn3ccc4ccccc43)CC[C@]3(C)[C@H](CC[C@@H]4[C@@]5(C)CC=C(c6ccc(C(=O)O)cc6)C(C)(C)[C@@H]5CC[C@]43C)[C@@H]12. The molecule has 0 spiro atoms. The minimum Gasteiger partial charge on any atom is -0.478 e. The third kappa shape index (κ3) is 4.92. The fraction of sp³-hybridized carbons (Fsp3) is 0.565. The molecule has 1 aromatic heterocycles. The van der Waals surface area contributed by atoms with E-state index in [1.807, 2.05) is 12.1 Å². The second kappa shape index (κ2) is 11.7. The van der Waals surface area contributed by atoms with Gasteiger partial charge in [-0.15, -0.1) is 0 Å². The van der Waals surface area contributed by atoms with Crippen LogP contribution >= 0.6 is 0 Å². The van der Waals surface area contributed by atoms with Crippen molar-refractivity contribution in [2.75, 3.05) is 0 Å². The van der Waals surface area contributed by atoms with Crippen LogP contribution in [0.4, 0.5) is 0 Å². The quantitative estimate of drug-likeness (QED) is 0.254. The van der Waals surface area contributed by atoms with Gasteiger partial charge < -0.3 is 15.0 Å². The van der Waals surface area contributed by atoms with E-state index in [9.17, 15) is 14.7 Å². The summed E-state index contributed by atoms with van der Waals surface area (Å²) in [5, 5.41) is 14.4. The highest BCUT2D eigenvalue weighted by molar-refractivity contribution is 5.88. The molecule has 2 aromatic carbocycles. The molecule has 4 saturated carbocycles. The summed E-state index contributed by atoms with van der Waals surface area (Å²) in [5.41, 5.74) is 5.73. The van der Waals surface area contributed by atoms with Crippen LogP contribution < -0.4 is 5.32 Å². The maximum Gasteiger partial charge on any atom is 0.335 e. The van der Waals surface area contributed by atoms with Gasteiger partial charge in [0.15, 0.2) is 0 Å². The molecule has 8 rings (SSSR count). The molecule has 0 radical (unpaired) electrons. The molecule has 5 heteroatoms. The Kier molecular flexibility index (Phi) is 7.91. The lowest BCUT2D eigenvalue weighted by atomic mass is 9.33. The number of allylic oxidation sites excluding steroid dienone is 3. The third-order valence-electron chi connectivity index (χ3n) is 16.5. The Morgan fingerprint density at radius 3 is 2.33 bits per heavy atom. The molecule has 4 fully saturated rings. The highest BCUT2D eigenvalue weighted by atomic mass is 16.4. The van der Waals surface area contributed by atoms with Crippen LogP contribution in [0.2, 0.25) is 0 Å². The Morgan fingerprint density at radius 1 is 0.863 bits per heavy atom. The zero-order valence-electron chi connectivity index (χ0n) is 31.7. The molecule has 5 aliphatic rings. The molecule has 2 N–H and O–H groups in total. The summed E-state index contributed by atoms with van der Waals surface area (Å²) in [6, 6.07) is 18.0. The second-order valence-electron chi connectivity index (χ2n) is 18.8. The molecule has 5 aliphatic carbocycles. The number of hydrogen-bond donors (Lipinski definition) is 2. The average molecular weight is 687 g/mol. The number of carbonyl (C=O) groups is 2. The molecule has 3 aromatic rings. The van der Waals surface area contributed by atoms with E-state index in [0.717, 1.165) is 37.6 Å². The van der Waals surface area contributed by atoms with Gasteiger partial charge in [-0.1, -0.05) is 83.2 Å². The van der Waals surface area contributed by atoms with Crippen molar-refractivity contribution in [2.45, 2.75) is 111 Å². The first-order chi connectivity index (χ1) is 24.1. The summed E-state index contributed by atoms with van der Waals surface area (Å²) in [4.78, 5) is 25.6. The van der Waals surface area contributed by atoms with Gasteiger partial charge >= 0.3 is 5.97 Å². The maximum atomic E-state index is 14.0. The number of nitrogens with zero attached hydrogens (tertiary/aromatic N) is 1. The van der Waals surface area contributed by atoms with Crippen molar-refractivity contribution in [1.29, 1.82) is 0 Å². The van der Waals surface area contributed by atoms with Crippen LogP contribution in [0.3, 0.4) is 0 Å². The number of rotatable bonds is 6. The van der Waals surface area contributed by atoms with Gasteiger partial charge in [-0.2, -0.15) is 0 Å². The predicted molar refractivity (Wildman–Crippen MR) is 206 cm³/mol. The van der Waals surface area contributed by atoms with Crippen molar-refractivity contribution < 1.29 is 14.7 Å². The number of nitrogens with one attached hydrogen (secondary N) is 1. The normalized spacial score (nSPS) is 38.1. The molecule has 0 unspecified atom stereocenters. The molecule has 51 heavy (non-hydrogen) atoms. The van der Waals surface area contributed by atoms with Crippen LogP contribution in [0.15, 0.2) is 79.0 Å². The topological polar surface area (TPSA) is 71.3 Å². The maximum absolute atomic E-state index is 14.0. The van der Waals surface area contributed by atoms with E-state index in [0.29, 0.717) is 41.7 Å². The number of carboxylic acid groups (broad SMARTS) is 1. The number of fused-ring (bicyclic) bond motifs is 8. The van der Waals surface area contributed by atoms with Crippen LogP contribution in [-0.2, 0) is 11.3 Å². The molecule has 0 bridgehead atoms. The molecule has 1 amide bonds. The van der Waals surface area contributed by atoms with Crippen molar-refractivity contribution >= 4 is 28.4 Å². The van der Waals surface area contributed by atoms with E-state index < -0.39 is 5.97 Å². The van der Waals surface area contributed by atoms with E-state index in [-0.39, 0.29) is 33.1 Å². The first kappa shape index (κ1) is 34.5. The van der Waals surface area contributed by atoms with Crippen LogP contribution in [-0.4, -0.2) is 27.1 Å². The zero-order chi connectivity index (χ0) is 36.1. The molecule has 1 heterocycles. The molecule has 0 saturated heterocycles. The van der Waals surface area contributed by atoms with Crippen molar-refractivity contribution in [3.63, 3.8) is 0 Å². The highest BCUT2D eigenvalue weighted by Crippen LogP contribution is 2.76. The standard InChI is InChI=1S/C46H58N2O3/c1-29(2)33-18-24-46(47-39(49)28-48-27-21-31-10-8-9-11-36(31)48)26-25-44(6)35(40(33)46)16-17-38-43(5)22-19-34(30-12-14-32(15-13-30)41(50)51)42(3,4)37(43)20-23-45(38,44)7/h8-15,19,21,27,33,35,37-38,40H,1,16-18,20,22-26,28H2,2-7H3,(H,47,49)(H,50,51)/t33-,35+,37-,38+,40+,43-,44+,45+,46-/m0/s1. The molecule has 5 nitrogen and oxygen atoms in total. The monoisotopic (exact) mass is 686 g/mol. The Bertz CT molecular complexity index is 1930. The first-order valence-corrected chi connectivity index (χ1v) is 19.7. The number of amides is 1. The number of aromatic nitrogens is 1. The number of hydrogen-bond acceptors (Lipinski definition) is 2. The number of benzene rings is 2. The minimum absolute atomic E-state index is 0.00956. The van der Waals surface area contributed by atoms with E-state index in [4.69, 9.17) is 0 Å². The van der Waals surface area contributed by atoms with Gasteiger partial charge in [-0.25, -0.2) is 4.79 Å². The lowest BCUT2D eigenvalue weighted by molar-refractivity contribution is -0.219. The summed E-state index contributed by atoms with van der Waals surface area (Å²) in [6.45, 7) is 20.0. The van der Waals surface area contributed by atoms with E-state index in [1.165, 1.54) is 47.8 Å². The molecule has 9 atom stereocenters. The zero-order valence-corrected chi connectivity index (χ0v) is 31.7. The van der Waals surface area contributed by atoms with Crippen LogP contribution in [0.1, 0.15) is 115 Å². The van der Waals surface area contributed by atoms with Crippen LogP contribution in [0.25, 0.3) is 16.5 Å². The first-order valence-electron chi connectivity index (χ1n) is 19.7. The summed E-state index contributed by atoms with van der Waals surface area (Å²) < 4.78 is 2.11. The van der Waals surface area contributed by atoms with Gasteiger partial charge in [0, 0.05) is 17.3 Å². The van der Waals surface area contributed by atoms with Gasteiger partial charge in [0.25, 0.3) is 0 Å². The fourth-order valence-electron chi connectivity index (χ4n) is 14.0. The molecular formula is C46H58N2O3. The van der Waals surface area contributed by atoms with Crippen LogP contribution in [0, 0.1) is 51.2 Å². The van der Waals surface area contributed by atoms with Crippen molar-refractivity contribution in [3.8, 4) is 0 Å². The molecular weight excluding hydrogens is 629 g/mol. The summed E-state index contributed by atoms with van der Waals surface area (Å²) in [5.74, 6) is 1.88. The Morgan fingerprint density at radius 2 is 1.61 bits per heavy atom. The Hall–Kier alpha value is -3.60. The minimum atomic E-state index is -0.873. The smallest absolute Gasteiger partial charge is 0.335 e. The number of aromatic carboxylic acids is 1. The predicted octanol–water partition coefficient (Wildman–Crippen LogP) is 10.6. The van der Waals surface area contributed by atoms with Crippen LogP contribution in [0.5, 0.6) is 0 Å². The average Bonchev–Trinajstić information content (AvgIpc) is 3.67. The number of para-hydroxylation sites is 1. The summed E-state index contributed by atoms with van der Waals surface area (Å²) >= 11 is 0. The third-order valence-corrected chi connectivity index (χ3v) is 16.5. The van der Waals surface area contributed by atoms with Crippen molar-refractivity contribution in [1.82, 2.24) is 9.88 Å². The lowest BCUT2D eigenvalue weighted by Gasteiger charge is -2.72. The molecule has 270 valence electrons. The van der Waals surface area contributed by atoms with Gasteiger partial charge in [-0.05, 0) is 157 Å². The number of carbonyl (C=O) groups excluding carboxylic acids is 1. The fourth-order valence-corrected chi connectivity index (χ4v) is 14.0. The van der Waals surface area contributed by atoms with Crippen molar-refractivity contribution in [3.05, 3.63) is 90.1 Å². The summed E-state index contributed by atoms with van der Waals surface area (Å²) in [7, 11) is 0. The van der Waals surface area contributed by atoms with Gasteiger partial charge in [0.05, 0.1) is 5.56 Å². The Balaban J connectivity index is 1.09. The van der Waals surface area contributed by atoms with E-state index in [1.54, 1.807) is 12.1 Å². The van der Waals surface area contributed by atoms with Gasteiger partial charge in [0.2, 0.25) is 5.91 Å². The van der Waals surface area contributed by atoms with Crippen molar-refractivity contribution in [2.24, 2.45) is 51.2 Å². The summed E-state index contributed by atoms with van der Waals surface area (Å²) in [6.07, 6.45) is 15.0. The van der Waals surface area contributed by atoms with Gasteiger partial charge in [-0.3, -0.25) is 4.79 Å². The van der Waals surface area contributed by atoms with E-state index >= 15 is 0 Å². The van der Waals surface area contributed by atoms with Gasteiger partial charge in [0.1, 0.15) is 6.54 Å².